The number of hydrogen-bond acceptors (Lipinski definition) is 6. The number of likely N-dealkylation sites (N-methyl/N-ethyl adjacent to an activating group) is 2. The first-order valence-corrected chi connectivity index (χ1v) is 8.90. The van der Waals surface area contributed by atoms with Crippen molar-refractivity contribution in [3.63, 3.8) is 0 Å². The van der Waals surface area contributed by atoms with Crippen LogP contribution in [-0.2, 0) is 14.6 Å². The Balaban J connectivity index is 3.48. The van der Waals surface area contributed by atoms with E-state index in [9.17, 15) is 13.2 Å². The second-order valence-corrected chi connectivity index (χ2v) is 7.66. The third kappa shape index (κ3) is 3.70. The molecule has 8 heteroatoms. The minimum atomic E-state index is -3.39. The van der Waals surface area contributed by atoms with Crippen LogP contribution in [0, 0.1) is 5.41 Å². The van der Waals surface area contributed by atoms with Gasteiger partial charge < -0.3 is 20.9 Å². The predicted octanol–water partition coefficient (Wildman–Crippen LogP) is 0.248. The standard InChI is InChI=1S/C15H24N4O3S/c1-15(18-3,14(20)17-2)13(16)10-7-8-12(23(6,21)22)11(9-10)19(4)5/h7-9,16,18H,1-6H3,(H,17,20). The topological polar surface area (TPSA) is 102 Å². The fraction of sp³-hybridized carbons (Fsp3) is 0.467. The Kier molecular flexibility index (Phi) is 5.55. The van der Waals surface area contributed by atoms with Gasteiger partial charge in [0.25, 0.3) is 0 Å². The lowest BCUT2D eigenvalue weighted by Crippen LogP contribution is -2.58. The molecule has 1 amide bonds. The van der Waals surface area contributed by atoms with Gasteiger partial charge in [0.2, 0.25) is 5.91 Å². The molecule has 128 valence electrons. The Morgan fingerprint density at radius 1 is 1.26 bits per heavy atom. The van der Waals surface area contributed by atoms with Crippen molar-refractivity contribution in [1.82, 2.24) is 10.6 Å². The first kappa shape index (κ1) is 19.1. The van der Waals surface area contributed by atoms with Crippen LogP contribution in [0.3, 0.4) is 0 Å². The summed E-state index contributed by atoms with van der Waals surface area (Å²) in [7, 11) is 3.17. The summed E-state index contributed by atoms with van der Waals surface area (Å²) in [5.41, 5.74) is -0.209. The molecule has 1 aromatic carbocycles. The van der Waals surface area contributed by atoms with Crippen LogP contribution < -0.4 is 15.5 Å². The van der Waals surface area contributed by atoms with Crippen molar-refractivity contribution in [1.29, 1.82) is 5.41 Å². The average molecular weight is 340 g/mol. The van der Waals surface area contributed by atoms with Gasteiger partial charge >= 0.3 is 0 Å². The number of nitrogens with zero attached hydrogens (tertiary/aromatic N) is 1. The molecule has 0 spiro atoms. The van der Waals surface area contributed by atoms with E-state index >= 15 is 0 Å². The van der Waals surface area contributed by atoms with E-state index in [1.54, 1.807) is 45.1 Å². The molecule has 0 aliphatic heterocycles. The second kappa shape index (κ2) is 6.67. The lowest BCUT2D eigenvalue weighted by Gasteiger charge is -2.29. The van der Waals surface area contributed by atoms with Gasteiger partial charge in [-0.3, -0.25) is 4.79 Å². The van der Waals surface area contributed by atoms with E-state index in [4.69, 9.17) is 5.41 Å². The van der Waals surface area contributed by atoms with Crippen LogP contribution in [0.5, 0.6) is 0 Å². The number of carbonyl (C=O) groups excluding carboxylic acids is 1. The predicted molar refractivity (Wildman–Crippen MR) is 92.2 cm³/mol. The Bertz CT molecular complexity index is 728. The molecule has 0 aromatic heterocycles. The number of hydrogen-bond donors (Lipinski definition) is 3. The van der Waals surface area contributed by atoms with E-state index in [2.05, 4.69) is 10.6 Å². The molecule has 0 aliphatic rings. The van der Waals surface area contributed by atoms with Crippen molar-refractivity contribution in [2.24, 2.45) is 0 Å². The Hall–Kier alpha value is -1.93. The molecule has 0 fully saturated rings. The lowest BCUT2D eigenvalue weighted by atomic mass is 9.89. The number of rotatable bonds is 6. The molecule has 23 heavy (non-hydrogen) atoms. The largest absolute Gasteiger partial charge is 0.377 e. The molecular weight excluding hydrogens is 316 g/mol. The molecule has 7 nitrogen and oxygen atoms in total. The first-order chi connectivity index (χ1) is 10.5. The highest BCUT2D eigenvalue weighted by Crippen LogP contribution is 2.27. The van der Waals surface area contributed by atoms with Crippen molar-refractivity contribution in [3.8, 4) is 0 Å². The van der Waals surface area contributed by atoms with E-state index in [-0.39, 0.29) is 16.5 Å². The molecule has 3 N–H and O–H groups in total. The molecule has 0 saturated carbocycles. The van der Waals surface area contributed by atoms with Crippen LogP contribution in [-0.4, -0.2) is 60.0 Å². The smallest absolute Gasteiger partial charge is 0.245 e. The van der Waals surface area contributed by atoms with E-state index < -0.39 is 15.4 Å². The van der Waals surface area contributed by atoms with Gasteiger partial charge in [-0.2, -0.15) is 0 Å². The monoisotopic (exact) mass is 340 g/mol. The quantitative estimate of drug-likeness (QED) is 0.644. The van der Waals surface area contributed by atoms with Gasteiger partial charge in [-0.25, -0.2) is 8.42 Å². The minimum absolute atomic E-state index is 0.0579. The molecule has 1 unspecified atom stereocenters. The van der Waals surface area contributed by atoms with Gasteiger partial charge in [0.1, 0.15) is 5.54 Å². The maximum Gasteiger partial charge on any atom is 0.245 e. The summed E-state index contributed by atoms with van der Waals surface area (Å²) in [5, 5.41) is 13.8. The zero-order chi connectivity index (χ0) is 18.0. The van der Waals surface area contributed by atoms with E-state index in [1.807, 2.05) is 0 Å². The van der Waals surface area contributed by atoms with Gasteiger partial charge in [0.15, 0.2) is 9.84 Å². The SMILES string of the molecule is CNC(=O)C(C)(NC)C(=N)c1ccc(S(C)(=O)=O)c(N(C)C)c1. The minimum Gasteiger partial charge on any atom is -0.377 e. The number of nitrogens with one attached hydrogen (secondary N) is 3. The lowest BCUT2D eigenvalue weighted by molar-refractivity contribution is -0.123. The van der Waals surface area contributed by atoms with E-state index in [0.717, 1.165) is 6.26 Å². The Morgan fingerprint density at radius 3 is 2.22 bits per heavy atom. The Labute approximate surface area is 137 Å². The van der Waals surface area contributed by atoms with Crippen molar-refractivity contribution in [2.45, 2.75) is 17.4 Å². The van der Waals surface area contributed by atoms with E-state index in [0.29, 0.717) is 11.3 Å². The molecule has 0 radical (unpaired) electrons. The molecule has 0 aliphatic carbocycles. The Morgan fingerprint density at radius 2 is 1.83 bits per heavy atom. The van der Waals surface area contributed by atoms with Crippen LogP contribution in [0.15, 0.2) is 23.1 Å². The fourth-order valence-electron chi connectivity index (χ4n) is 2.23. The second-order valence-electron chi connectivity index (χ2n) is 5.68. The molecule has 0 bridgehead atoms. The van der Waals surface area contributed by atoms with Gasteiger partial charge in [0.05, 0.1) is 16.3 Å². The molecule has 1 aromatic rings. The highest BCUT2D eigenvalue weighted by atomic mass is 32.2. The summed E-state index contributed by atoms with van der Waals surface area (Å²) >= 11 is 0. The summed E-state index contributed by atoms with van der Waals surface area (Å²) in [6, 6.07) is 4.62. The number of anilines is 1. The number of amides is 1. The summed E-state index contributed by atoms with van der Waals surface area (Å²) in [6.45, 7) is 1.61. The molecule has 1 atom stereocenters. The third-order valence-corrected chi connectivity index (χ3v) is 4.95. The van der Waals surface area contributed by atoms with E-state index in [1.165, 1.54) is 13.1 Å². The van der Waals surface area contributed by atoms with Crippen LogP contribution in [0.2, 0.25) is 0 Å². The zero-order valence-corrected chi connectivity index (χ0v) is 15.1. The number of carbonyl (C=O) groups is 1. The summed E-state index contributed by atoms with van der Waals surface area (Å²) < 4.78 is 23.8. The fourth-order valence-corrected chi connectivity index (χ4v) is 3.16. The number of sulfone groups is 1. The van der Waals surface area contributed by atoms with Gasteiger partial charge in [-0.15, -0.1) is 0 Å². The summed E-state index contributed by atoms with van der Waals surface area (Å²) in [5.74, 6) is -0.344. The van der Waals surface area contributed by atoms with Crippen molar-refractivity contribution >= 4 is 27.1 Å². The molecule has 1 rings (SSSR count). The van der Waals surface area contributed by atoms with Gasteiger partial charge in [0, 0.05) is 27.4 Å². The maximum atomic E-state index is 12.1. The molecule has 0 heterocycles. The molecular formula is C15H24N4O3S. The van der Waals surface area contributed by atoms with Crippen LogP contribution in [0.4, 0.5) is 5.69 Å². The van der Waals surface area contributed by atoms with Crippen LogP contribution >= 0.6 is 0 Å². The normalized spacial score (nSPS) is 14.0. The van der Waals surface area contributed by atoms with Crippen molar-refractivity contribution in [2.75, 3.05) is 39.3 Å². The van der Waals surface area contributed by atoms with Crippen molar-refractivity contribution < 1.29 is 13.2 Å². The first-order valence-electron chi connectivity index (χ1n) is 7.01. The van der Waals surface area contributed by atoms with Crippen LogP contribution in [0.25, 0.3) is 0 Å². The van der Waals surface area contributed by atoms with Crippen molar-refractivity contribution in [3.05, 3.63) is 23.8 Å². The number of benzene rings is 1. The summed E-state index contributed by atoms with van der Waals surface area (Å²) in [6.07, 6.45) is 1.14. The average Bonchev–Trinajstić information content (AvgIpc) is 2.50. The van der Waals surface area contributed by atoms with Gasteiger partial charge in [-0.1, -0.05) is 6.07 Å². The summed E-state index contributed by atoms with van der Waals surface area (Å²) in [4.78, 5) is 14.0. The zero-order valence-electron chi connectivity index (χ0n) is 14.3. The third-order valence-electron chi connectivity index (χ3n) is 3.81. The van der Waals surface area contributed by atoms with Gasteiger partial charge in [-0.05, 0) is 31.7 Å². The maximum absolute atomic E-state index is 12.1. The highest BCUT2D eigenvalue weighted by molar-refractivity contribution is 7.90. The molecule has 0 saturated heterocycles. The van der Waals surface area contributed by atoms with Crippen LogP contribution in [0.1, 0.15) is 12.5 Å². The highest BCUT2D eigenvalue weighted by Gasteiger charge is 2.36.